The second-order valence-electron chi connectivity index (χ2n) is 6.93. The summed E-state index contributed by atoms with van der Waals surface area (Å²) in [6, 6.07) is 7.66. The highest BCUT2D eigenvalue weighted by atomic mass is 35.5. The molecule has 2 aromatic heterocycles. The Balaban J connectivity index is 1.47. The van der Waals surface area contributed by atoms with Crippen LogP contribution >= 0.6 is 22.9 Å². The molecule has 1 aliphatic rings. The molecule has 28 heavy (non-hydrogen) atoms. The van der Waals surface area contributed by atoms with E-state index in [0.29, 0.717) is 11.6 Å². The van der Waals surface area contributed by atoms with Crippen molar-refractivity contribution in [3.63, 3.8) is 0 Å². The fourth-order valence-corrected chi connectivity index (χ4v) is 5.97. The monoisotopic (exact) mass is 439 g/mol. The number of benzene rings is 1. The summed E-state index contributed by atoms with van der Waals surface area (Å²) in [6.45, 7) is 3.98. The molecular weight excluding hydrogens is 418 g/mol. The van der Waals surface area contributed by atoms with Crippen LogP contribution in [0.3, 0.4) is 0 Å². The predicted molar refractivity (Wildman–Crippen MR) is 114 cm³/mol. The lowest BCUT2D eigenvalue weighted by Gasteiger charge is -2.36. The van der Waals surface area contributed by atoms with E-state index in [9.17, 15) is 8.42 Å². The zero-order chi connectivity index (χ0) is 19.9. The van der Waals surface area contributed by atoms with Crippen LogP contribution in [0.15, 0.2) is 30.5 Å². The van der Waals surface area contributed by atoms with Gasteiger partial charge in [0, 0.05) is 36.3 Å². The summed E-state index contributed by atoms with van der Waals surface area (Å²) in [4.78, 5) is 7.74. The number of fused-ring (bicyclic) bond motifs is 1. The average Bonchev–Trinajstić information content (AvgIpc) is 3.21. The van der Waals surface area contributed by atoms with Crippen LogP contribution < -0.4 is 4.90 Å². The van der Waals surface area contributed by atoms with Gasteiger partial charge >= 0.3 is 0 Å². The van der Waals surface area contributed by atoms with E-state index in [1.807, 2.05) is 41.9 Å². The third-order valence-electron chi connectivity index (χ3n) is 5.05. The Morgan fingerprint density at radius 2 is 1.93 bits per heavy atom. The number of sulfonamides is 1. The fraction of sp³-hybridized carbons (Fsp3) is 0.444. The second kappa shape index (κ2) is 7.62. The Hall–Kier alpha value is -1.68. The maximum atomic E-state index is 11.9. The van der Waals surface area contributed by atoms with Crippen molar-refractivity contribution in [1.82, 2.24) is 18.9 Å². The minimum Gasteiger partial charge on any atom is -0.347 e. The average molecular weight is 440 g/mol. The molecular formula is C18H22ClN5O2S2. The summed E-state index contributed by atoms with van der Waals surface area (Å²) in [5.41, 5.74) is 1.87. The van der Waals surface area contributed by atoms with Gasteiger partial charge in [-0.1, -0.05) is 42.0 Å². The van der Waals surface area contributed by atoms with Crippen molar-refractivity contribution in [2.45, 2.75) is 25.8 Å². The predicted octanol–water partition coefficient (Wildman–Crippen LogP) is 3.36. The number of hydrogen-bond donors (Lipinski definition) is 0. The maximum Gasteiger partial charge on any atom is 0.214 e. The standard InChI is InChI=1S/C18H22ClN5O2S2/c1-3-24(28(2,25)26)15-8-10-22(11-9-15)18-21-23-12-16(20-17(23)27-18)13-4-6-14(19)7-5-13/h4-7,12,15H,3,8-11H2,1-2H3. The van der Waals surface area contributed by atoms with Crippen LogP contribution in [0.4, 0.5) is 5.13 Å². The Bertz CT molecular complexity index is 1040. The number of imidazole rings is 1. The Morgan fingerprint density at radius 3 is 2.50 bits per heavy atom. The van der Waals surface area contributed by atoms with Crippen molar-refractivity contribution < 1.29 is 8.42 Å². The molecule has 3 aromatic rings. The minimum atomic E-state index is -3.16. The number of halogens is 1. The molecule has 1 fully saturated rings. The van der Waals surface area contributed by atoms with Crippen molar-refractivity contribution in [3.8, 4) is 11.3 Å². The number of nitrogens with zero attached hydrogens (tertiary/aromatic N) is 5. The second-order valence-corrected chi connectivity index (χ2v) is 10.2. The highest BCUT2D eigenvalue weighted by Crippen LogP contribution is 2.30. The molecule has 150 valence electrons. The van der Waals surface area contributed by atoms with Gasteiger partial charge in [-0.3, -0.25) is 0 Å². The highest BCUT2D eigenvalue weighted by molar-refractivity contribution is 7.88. The zero-order valence-corrected chi connectivity index (χ0v) is 18.1. The summed E-state index contributed by atoms with van der Waals surface area (Å²) in [5, 5.41) is 6.30. The quantitative estimate of drug-likeness (QED) is 0.609. The van der Waals surface area contributed by atoms with E-state index in [2.05, 4.69) is 15.0 Å². The zero-order valence-electron chi connectivity index (χ0n) is 15.7. The van der Waals surface area contributed by atoms with Gasteiger partial charge in [0.1, 0.15) is 0 Å². The first-order valence-electron chi connectivity index (χ1n) is 9.19. The van der Waals surface area contributed by atoms with Crippen LogP contribution in [0.2, 0.25) is 5.02 Å². The van der Waals surface area contributed by atoms with Crippen LogP contribution in [-0.4, -0.2) is 59.3 Å². The van der Waals surface area contributed by atoms with E-state index in [1.165, 1.54) is 6.26 Å². The van der Waals surface area contributed by atoms with E-state index in [1.54, 1.807) is 15.6 Å². The first kappa shape index (κ1) is 19.6. The molecule has 10 heteroatoms. The van der Waals surface area contributed by atoms with Crippen molar-refractivity contribution >= 4 is 43.1 Å². The highest BCUT2D eigenvalue weighted by Gasteiger charge is 2.30. The molecule has 0 N–H and O–H groups in total. The summed E-state index contributed by atoms with van der Waals surface area (Å²) in [6.07, 6.45) is 4.82. The molecule has 0 radical (unpaired) electrons. The van der Waals surface area contributed by atoms with Gasteiger partial charge in [0.15, 0.2) is 0 Å². The molecule has 1 aliphatic heterocycles. The molecule has 1 aromatic carbocycles. The Labute approximate surface area is 173 Å². The molecule has 0 atom stereocenters. The number of hydrogen-bond acceptors (Lipinski definition) is 6. The summed E-state index contributed by atoms with van der Waals surface area (Å²) >= 11 is 7.50. The Kier molecular flexibility index (Phi) is 5.34. The molecule has 0 bridgehead atoms. The largest absolute Gasteiger partial charge is 0.347 e. The van der Waals surface area contributed by atoms with Gasteiger partial charge in [0.25, 0.3) is 0 Å². The molecule has 7 nitrogen and oxygen atoms in total. The third kappa shape index (κ3) is 3.89. The lowest BCUT2D eigenvalue weighted by molar-refractivity contribution is 0.285. The lowest BCUT2D eigenvalue weighted by Crippen LogP contribution is -2.47. The number of piperidine rings is 1. The molecule has 0 unspecified atom stereocenters. The SMILES string of the molecule is CCN(C1CCN(c2nn3cc(-c4ccc(Cl)cc4)nc3s2)CC1)S(C)(=O)=O. The molecule has 0 aliphatic carbocycles. The van der Waals surface area contributed by atoms with Crippen LogP contribution in [0.5, 0.6) is 0 Å². The van der Waals surface area contributed by atoms with E-state index in [4.69, 9.17) is 11.6 Å². The smallest absolute Gasteiger partial charge is 0.214 e. The summed E-state index contributed by atoms with van der Waals surface area (Å²) in [7, 11) is -3.16. The number of anilines is 1. The molecule has 3 heterocycles. The van der Waals surface area contributed by atoms with Gasteiger partial charge in [-0.2, -0.15) is 4.31 Å². The van der Waals surface area contributed by atoms with E-state index in [-0.39, 0.29) is 6.04 Å². The number of rotatable bonds is 5. The van der Waals surface area contributed by atoms with Crippen molar-refractivity contribution in [2.24, 2.45) is 0 Å². The third-order valence-corrected chi connectivity index (χ3v) is 7.70. The normalized spacial score (nSPS) is 16.4. The minimum absolute atomic E-state index is 0.0665. The van der Waals surface area contributed by atoms with Gasteiger partial charge in [0.2, 0.25) is 20.1 Å². The van der Waals surface area contributed by atoms with Crippen molar-refractivity contribution in [2.75, 3.05) is 30.8 Å². The van der Waals surface area contributed by atoms with E-state index < -0.39 is 10.0 Å². The van der Waals surface area contributed by atoms with E-state index in [0.717, 1.165) is 47.3 Å². The van der Waals surface area contributed by atoms with Gasteiger partial charge < -0.3 is 4.90 Å². The van der Waals surface area contributed by atoms with Gasteiger partial charge in [-0.25, -0.2) is 17.9 Å². The Morgan fingerprint density at radius 1 is 1.25 bits per heavy atom. The van der Waals surface area contributed by atoms with Crippen LogP contribution in [0.25, 0.3) is 16.2 Å². The molecule has 0 saturated carbocycles. The molecule has 0 amide bonds. The first-order valence-corrected chi connectivity index (χ1v) is 12.2. The molecule has 4 rings (SSSR count). The van der Waals surface area contributed by atoms with Crippen LogP contribution in [0.1, 0.15) is 19.8 Å². The van der Waals surface area contributed by atoms with Gasteiger partial charge in [-0.05, 0) is 25.0 Å². The van der Waals surface area contributed by atoms with Crippen LogP contribution in [0, 0.1) is 0 Å². The van der Waals surface area contributed by atoms with Crippen molar-refractivity contribution in [1.29, 1.82) is 0 Å². The van der Waals surface area contributed by atoms with Gasteiger partial charge in [0.05, 0.1) is 18.1 Å². The summed E-state index contributed by atoms with van der Waals surface area (Å²) in [5.74, 6) is 0. The number of aromatic nitrogens is 3. The summed E-state index contributed by atoms with van der Waals surface area (Å²) < 4.78 is 27.3. The lowest BCUT2D eigenvalue weighted by atomic mass is 10.1. The van der Waals surface area contributed by atoms with Crippen molar-refractivity contribution in [3.05, 3.63) is 35.5 Å². The fourth-order valence-electron chi connectivity index (χ4n) is 3.69. The first-order chi connectivity index (χ1) is 13.3. The van der Waals surface area contributed by atoms with E-state index >= 15 is 0 Å². The van der Waals surface area contributed by atoms with Gasteiger partial charge in [-0.15, -0.1) is 5.10 Å². The molecule has 0 spiro atoms. The topological polar surface area (TPSA) is 70.8 Å². The molecule has 1 saturated heterocycles. The van der Waals surface area contributed by atoms with Crippen LogP contribution in [-0.2, 0) is 10.0 Å². The maximum absolute atomic E-state index is 11.9.